The van der Waals surface area contributed by atoms with Crippen molar-refractivity contribution >= 4 is 17.5 Å². The van der Waals surface area contributed by atoms with Crippen LogP contribution >= 0.6 is 11.6 Å². The molecule has 1 aromatic heterocycles. The van der Waals surface area contributed by atoms with E-state index in [1.165, 1.54) is 0 Å². The highest BCUT2D eigenvalue weighted by Gasteiger charge is 2.42. The van der Waals surface area contributed by atoms with E-state index in [9.17, 15) is 4.79 Å². The molecule has 1 fully saturated rings. The summed E-state index contributed by atoms with van der Waals surface area (Å²) >= 11 is 5.88. The largest absolute Gasteiger partial charge is 0.351 e. The van der Waals surface area contributed by atoms with Crippen molar-refractivity contribution in [1.29, 1.82) is 0 Å². The maximum absolute atomic E-state index is 12.1. The third-order valence-corrected chi connectivity index (χ3v) is 4.17. The Kier molecular flexibility index (Phi) is 3.17. The number of alkyl halides is 1. The second-order valence-electron chi connectivity index (χ2n) is 4.99. The molecule has 2 rings (SSSR count). The van der Waals surface area contributed by atoms with Gasteiger partial charge in [0.2, 0.25) is 0 Å². The molecule has 1 saturated carbocycles. The second kappa shape index (κ2) is 4.33. The van der Waals surface area contributed by atoms with Gasteiger partial charge in [0.1, 0.15) is 0 Å². The Morgan fingerprint density at radius 2 is 2.18 bits per heavy atom. The number of hydrogen-bond acceptors (Lipinski definition) is 2. The first-order chi connectivity index (χ1) is 7.99. The molecular weight excluding hydrogens is 238 g/mol. The summed E-state index contributed by atoms with van der Waals surface area (Å²) < 4.78 is 1.73. The molecule has 0 unspecified atom stereocenters. The number of hydrogen-bond donors (Lipinski definition) is 1. The van der Waals surface area contributed by atoms with Crippen LogP contribution < -0.4 is 5.32 Å². The normalized spacial score (nSPS) is 16.9. The van der Waals surface area contributed by atoms with Gasteiger partial charge in [-0.25, -0.2) is 0 Å². The zero-order chi connectivity index (χ0) is 12.6. The average molecular weight is 256 g/mol. The lowest BCUT2D eigenvalue weighted by Crippen LogP contribution is -2.31. The Bertz CT molecular complexity index is 449. The molecule has 1 aliphatic carbocycles. The molecular formula is C12H18ClN3O. The smallest absolute Gasteiger partial charge is 0.255 e. The van der Waals surface area contributed by atoms with Crippen LogP contribution in [0.5, 0.6) is 0 Å². The third kappa shape index (κ3) is 2.32. The minimum absolute atomic E-state index is 0.0375. The Balaban J connectivity index is 2.05. The number of aryl methyl sites for hydroxylation is 2. The molecule has 1 aliphatic rings. The minimum atomic E-state index is -0.0375. The number of aromatic nitrogens is 2. The van der Waals surface area contributed by atoms with Gasteiger partial charge in [-0.15, -0.1) is 11.6 Å². The van der Waals surface area contributed by atoms with E-state index in [2.05, 4.69) is 10.4 Å². The highest BCUT2D eigenvalue weighted by Crippen LogP contribution is 2.45. The Morgan fingerprint density at radius 1 is 1.53 bits per heavy atom. The van der Waals surface area contributed by atoms with Crippen LogP contribution in [0.1, 0.15) is 34.6 Å². The van der Waals surface area contributed by atoms with Crippen LogP contribution in [0, 0.1) is 19.3 Å². The fourth-order valence-corrected chi connectivity index (χ4v) is 2.35. The van der Waals surface area contributed by atoms with Gasteiger partial charge >= 0.3 is 0 Å². The van der Waals surface area contributed by atoms with Gasteiger partial charge in [0.15, 0.2) is 0 Å². The monoisotopic (exact) mass is 255 g/mol. The van der Waals surface area contributed by atoms with E-state index < -0.39 is 0 Å². The van der Waals surface area contributed by atoms with Crippen molar-refractivity contribution in [3.63, 3.8) is 0 Å². The maximum Gasteiger partial charge on any atom is 0.255 e. The van der Waals surface area contributed by atoms with Crippen LogP contribution in [0.3, 0.4) is 0 Å². The Labute approximate surface area is 106 Å². The van der Waals surface area contributed by atoms with Crippen molar-refractivity contribution in [3.8, 4) is 0 Å². The highest BCUT2D eigenvalue weighted by molar-refractivity contribution is 6.18. The van der Waals surface area contributed by atoms with Crippen LogP contribution in [-0.2, 0) is 7.05 Å². The number of halogens is 1. The molecule has 17 heavy (non-hydrogen) atoms. The van der Waals surface area contributed by atoms with E-state index in [0.717, 1.165) is 24.2 Å². The number of carbonyl (C=O) groups excluding carboxylic acids is 1. The van der Waals surface area contributed by atoms with Gasteiger partial charge in [-0.05, 0) is 26.7 Å². The summed E-state index contributed by atoms with van der Waals surface area (Å²) in [6, 6.07) is 0. The van der Waals surface area contributed by atoms with Gasteiger partial charge in [0.05, 0.1) is 11.3 Å². The van der Waals surface area contributed by atoms with Gasteiger partial charge in [-0.3, -0.25) is 9.48 Å². The van der Waals surface area contributed by atoms with E-state index in [1.807, 2.05) is 20.9 Å². The van der Waals surface area contributed by atoms with Crippen LogP contribution in [0.25, 0.3) is 0 Å². The van der Waals surface area contributed by atoms with Crippen LogP contribution in [0.15, 0.2) is 0 Å². The van der Waals surface area contributed by atoms with Crippen molar-refractivity contribution in [2.24, 2.45) is 12.5 Å². The third-order valence-electron chi connectivity index (χ3n) is 3.60. The molecule has 5 heteroatoms. The summed E-state index contributed by atoms with van der Waals surface area (Å²) in [6.07, 6.45) is 2.23. The number of amides is 1. The molecule has 0 spiro atoms. The van der Waals surface area contributed by atoms with E-state index in [0.29, 0.717) is 18.0 Å². The molecule has 1 N–H and O–H groups in total. The van der Waals surface area contributed by atoms with E-state index in [-0.39, 0.29) is 11.3 Å². The molecule has 0 radical (unpaired) electrons. The summed E-state index contributed by atoms with van der Waals surface area (Å²) in [5.74, 6) is 0.586. The fourth-order valence-electron chi connectivity index (χ4n) is 1.99. The molecule has 0 aromatic carbocycles. The fraction of sp³-hybridized carbons (Fsp3) is 0.667. The number of carbonyl (C=O) groups is 1. The van der Waals surface area contributed by atoms with Crippen molar-refractivity contribution in [2.75, 3.05) is 12.4 Å². The first-order valence-electron chi connectivity index (χ1n) is 5.83. The zero-order valence-corrected chi connectivity index (χ0v) is 11.3. The van der Waals surface area contributed by atoms with Gasteiger partial charge in [0.25, 0.3) is 5.91 Å². The lowest BCUT2D eigenvalue weighted by molar-refractivity contribution is 0.0945. The average Bonchev–Trinajstić information content (AvgIpc) is 3.02. The summed E-state index contributed by atoms with van der Waals surface area (Å²) in [5.41, 5.74) is 2.52. The Morgan fingerprint density at radius 3 is 2.59 bits per heavy atom. The molecule has 1 amide bonds. The van der Waals surface area contributed by atoms with Gasteiger partial charge in [-0.1, -0.05) is 0 Å². The SMILES string of the molecule is Cc1nn(C)c(C)c1C(=O)NCC1(CCl)CC1. The molecule has 1 heterocycles. The van der Waals surface area contributed by atoms with Gasteiger partial charge in [-0.2, -0.15) is 5.10 Å². The standard InChI is InChI=1S/C12H18ClN3O/c1-8-10(9(2)16(3)15-8)11(17)14-7-12(6-13)4-5-12/h4-7H2,1-3H3,(H,14,17). The molecule has 0 aliphatic heterocycles. The van der Waals surface area contributed by atoms with E-state index >= 15 is 0 Å². The molecule has 1 aromatic rings. The summed E-state index contributed by atoms with van der Waals surface area (Å²) in [7, 11) is 1.85. The molecule has 0 saturated heterocycles. The number of rotatable bonds is 4. The van der Waals surface area contributed by atoms with Crippen molar-refractivity contribution in [3.05, 3.63) is 17.0 Å². The molecule has 0 bridgehead atoms. The molecule has 94 valence electrons. The van der Waals surface area contributed by atoms with E-state index in [4.69, 9.17) is 11.6 Å². The molecule has 0 atom stereocenters. The zero-order valence-electron chi connectivity index (χ0n) is 10.5. The first-order valence-corrected chi connectivity index (χ1v) is 6.37. The minimum Gasteiger partial charge on any atom is -0.351 e. The van der Waals surface area contributed by atoms with Crippen LogP contribution in [0.2, 0.25) is 0 Å². The Hall–Kier alpha value is -1.03. The highest BCUT2D eigenvalue weighted by atomic mass is 35.5. The van der Waals surface area contributed by atoms with Gasteiger partial charge in [0, 0.05) is 30.6 Å². The number of nitrogens with zero attached hydrogens (tertiary/aromatic N) is 2. The lowest BCUT2D eigenvalue weighted by Gasteiger charge is -2.12. The lowest BCUT2D eigenvalue weighted by atomic mass is 10.1. The predicted molar refractivity (Wildman–Crippen MR) is 67.4 cm³/mol. The van der Waals surface area contributed by atoms with Crippen molar-refractivity contribution in [1.82, 2.24) is 15.1 Å². The topological polar surface area (TPSA) is 46.9 Å². The number of nitrogens with one attached hydrogen (secondary N) is 1. The van der Waals surface area contributed by atoms with E-state index in [1.54, 1.807) is 4.68 Å². The summed E-state index contributed by atoms with van der Waals surface area (Å²) in [6.45, 7) is 4.43. The predicted octanol–water partition coefficient (Wildman–Crippen LogP) is 1.79. The van der Waals surface area contributed by atoms with Crippen molar-refractivity contribution < 1.29 is 4.79 Å². The molecule has 4 nitrogen and oxygen atoms in total. The maximum atomic E-state index is 12.1. The quantitative estimate of drug-likeness (QED) is 0.834. The first kappa shape index (κ1) is 12.4. The summed E-state index contributed by atoms with van der Waals surface area (Å²) in [4.78, 5) is 12.1. The summed E-state index contributed by atoms with van der Waals surface area (Å²) in [5, 5.41) is 7.21. The van der Waals surface area contributed by atoms with Crippen LogP contribution in [0.4, 0.5) is 0 Å². The van der Waals surface area contributed by atoms with Crippen molar-refractivity contribution in [2.45, 2.75) is 26.7 Å². The second-order valence-corrected chi connectivity index (χ2v) is 5.25. The van der Waals surface area contributed by atoms with Gasteiger partial charge < -0.3 is 5.32 Å². The van der Waals surface area contributed by atoms with Crippen LogP contribution in [-0.4, -0.2) is 28.1 Å².